The molecular weight excluding hydrogens is 448 g/mol. The molecule has 1 aromatic heterocycles. The zero-order chi connectivity index (χ0) is 23.7. The molecule has 0 radical (unpaired) electrons. The number of para-hydroxylation sites is 1. The molecule has 0 fully saturated rings. The number of hydrogen-bond acceptors (Lipinski definition) is 4. The molecule has 1 N–H and O–H groups in total. The summed E-state index contributed by atoms with van der Waals surface area (Å²) in [6, 6.07) is 21.9. The van der Waals surface area contributed by atoms with Gasteiger partial charge in [-0.25, -0.2) is 4.79 Å². The highest BCUT2D eigenvalue weighted by Gasteiger charge is 2.30. The number of carbonyl (C=O) groups excluding carboxylic acids is 2. The van der Waals surface area contributed by atoms with Crippen LogP contribution in [-0.2, 0) is 22.4 Å². The summed E-state index contributed by atoms with van der Waals surface area (Å²) >= 11 is 6.23. The first-order valence-electron chi connectivity index (χ1n) is 11.2. The molecule has 5 nitrogen and oxygen atoms in total. The van der Waals surface area contributed by atoms with Crippen molar-refractivity contribution in [1.29, 1.82) is 0 Å². The number of aromatic nitrogens is 1. The predicted octanol–water partition coefficient (Wildman–Crippen LogP) is 6.22. The Morgan fingerprint density at radius 3 is 2.56 bits per heavy atom. The molecule has 1 heterocycles. The smallest absolute Gasteiger partial charge is 0.340 e. The Hall–Kier alpha value is -3.70. The van der Waals surface area contributed by atoms with E-state index in [0.29, 0.717) is 21.8 Å². The summed E-state index contributed by atoms with van der Waals surface area (Å²) in [4.78, 5) is 31.7. The number of aryl methyl sites for hydroxylation is 2. The molecule has 1 aliphatic carbocycles. The zero-order valence-electron chi connectivity index (χ0n) is 18.7. The van der Waals surface area contributed by atoms with Crippen molar-refractivity contribution in [2.24, 2.45) is 0 Å². The van der Waals surface area contributed by atoms with Crippen LogP contribution in [0, 0.1) is 6.92 Å². The number of nitrogens with one attached hydrogen (secondary N) is 1. The number of esters is 1. The van der Waals surface area contributed by atoms with Gasteiger partial charge in [0.25, 0.3) is 5.91 Å². The minimum Gasteiger partial charge on any atom is -0.444 e. The van der Waals surface area contributed by atoms with E-state index >= 15 is 0 Å². The Morgan fingerprint density at radius 1 is 1.00 bits per heavy atom. The Labute approximate surface area is 202 Å². The molecular formula is C28H23ClN2O3. The molecule has 1 amide bonds. The maximum atomic E-state index is 13.6. The fraction of sp³-hybridized carbons (Fsp3) is 0.179. The minimum absolute atomic E-state index is 0.450. The summed E-state index contributed by atoms with van der Waals surface area (Å²) in [7, 11) is 0. The van der Waals surface area contributed by atoms with E-state index in [-0.39, 0.29) is 0 Å². The van der Waals surface area contributed by atoms with Crippen LogP contribution >= 0.6 is 11.6 Å². The van der Waals surface area contributed by atoms with E-state index in [2.05, 4.69) is 5.32 Å². The van der Waals surface area contributed by atoms with Crippen molar-refractivity contribution >= 4 is 40.1 Å². The lowest BCUT2D eigenvalue weighted by molar-refractivity contribution is -0.125. The van der Waals surface area contributed by atoms with Gasteiger partial charge >= 0.3 is 5.97 Å². The lowest BCUT2D eigenvalue weighted by Crippen LogP contribution is -2.26. The van der Waals surface area contributed by atoms with Crippen molar-refractivity contribution in [3.8, 4) is 0 Å². The third-order valence-corrected chi connectivity index (χ3v) is 6.54. The van der Waals surface area contributed by atoms with E-state index < -0.39 is 18.0 Å². The van der Waals surface area contributed by atoms with Crippen LogP contribution in [0.1, 0.15) is 45.3 Å². The molecule has 3 aromatic carbocycles. The van der Waals surface area contributed by atoms with Gasteiger partial charge in [-0.05, 0) is 55.5 Å². The maximum absolute atomic E-state index is 13.6. The second kappa shape index (κ2) is 9.27. The van der Waals surface area contributed by atoms with Gasteiger partial charge in [-0.2, -0.15) is 0 Å². The number of hydrogen-bond donors (Lipinski definition) is 1. The average molecular weight is 471 g/mol. The molecule has 1 aliphatic rings. The monoisotopic (exact) mass is 470 g/mol. The van der Waals surface area contributed by atoms with Gasteiger partial charge in [0.1, 0.15) is 0 Å². The third-order valence-electron chi connectivity index (χ3n) is 6.13. The van der Waals surface area contributed by atoms with Crippen LogP contribution in [0.15, 0.2) is 72.8 Å². The first-order chi connectivity index (χ1) is 16.5. The van der Waals surface area contributed by atoms with Crippen molar-refractivity contribution in [3.05, 3.63) is 106 Å². The molecule has 34 heavy (non-hydrogen) atoms. The van der Waals surface area contributed by atoms with Crippen LogP contribution in [0.25, 0.3) is 10.9 Å². The van der Waals surface area contributed by atoms with Crippen LogP contribution < -0.4 is 5.32 Å². The number of carbonyl (C=O) groups is 2. The highest BCUT2D eigenvalue weighted by Crippen LogP contribution is 2.32. The van der Waals surface area contributed by atoms with Gasteiger partial charge in [0, 0.05) is 27.4 Å². The molecule has 0 saturated heterocycles. The molecule has 0 bridgehead atoms. The lowest BCUT2D eigenvalue weighted by Gasteiger charge is -2.20. The second-order valence-corrected chi connectivity index (χ2v) is 8.84. The van der Waals surface area contributed by atoms with Crippen LogP contribution in [0.2, 0.25) is 5.02 Å². The normalized spacial score (nSPS) is 13.4. The van der Waals surface area contributed by atoms with Gasteiger partial charge in [-0.1, -0.05) is 66.2 Å². The topological polar surface area (TPSA) is 68.3 Å². The van der Waals surface area contributed by atoms with Crippen molar-refractivity contribution in [3.63, 3.8) is 0 Å². The largest absolute Gasteiger partial charge is 0.444 e. The molecule has 6 heteroatoms. The molecule has 0 spiro atoms. The summed E-state index contributed by atoms with van der Waals surface area (Å²) < 4.78 is 5.93. The van der Waals surface area contributed by atoms with Crippen LogP contribution in [0.3, 0.4) is 0 Å². The van der Waals surface area contributed by atoms with Crippen LogP contribution in [0.4, 0.5) is 5.69 Å². The van der Waals surface area contributed by atoms with Gasteiger partial charge in [-0.15, -0.1) is 0 Å². The Bertz CT molecular complexity index is 1400. The number of amides is 1. The Kier molecular flexibility index (Phi) is 6.03. The highest BCUT2D eigenvalue weighted by molar-refractivity contribution is 6.31. The van der Waals surface area contributed by atoms with E-state index in [9.17, 15) is 9.59 Å². The molecule has 4 aromatic rings. The Balaban J connectivity index is 1.51. The predicted molar refractivity (Wildman–Crippen MR) is 133 cm³/mol. The second-order valence-electron chi connectivity index (χ2n) is 8.43. The van der Waals surface area contributed by atoms with Crippen molar-refractivity contribution < 1.29 is 14.3 Å². The van der Waals surface area contributed by atoms with Gasteiger partial charge in [0.2, 0.25) is 6.10 Å². The minimum atomic E-state index is -1.13. The van der Waals surface area contributed by atoms with E-state index in [4.69, 9.17) is 21.3 Å². The number of ether oxygens (including phenoxy) is 1. The third kappa shape index (κ3) is 4.27. The Morgan fingerprint density at radius 2 is 1.76 bits per heavy atom. The lowest BCUT2D eigenvalue weighted by atomic mass is 10.0. The molecule has 0 saturated carbocycles. The van der Waals surface area contributed by atoms with E-state index in [1.54, 1.807) is 24.3 Å². The number of fused-ring (bicyclic) bond motifs is 2. The number of nitrogens with zero attached hydrogens (tertiary/aromatic N) is 1. The van der Waals surface area contributed by atoms with Crippen molar-refractivity contribution in [2.75, 3.05) is 5.32 Å². The molecule has 1 unspecified atom stereocenters. The summed E-state index contributed by atoms with van der Waals surface area (Å²) in [5, 5.41) is 4.13. The summed E-state index contributed by atoms with van der Waals surface area (Å²) in [6.45, 7) is 1.89. The quantitative estimate of drug-likeness (QED) is 0.351. The summed E-state index contributed by atoms with van der Waals surface area (Å²) in [5.41, 5.74) is 5.13. The number of halogens is 1. The number of pyridine rings is 1. The molecule has 5 rings (SSSR count). The number of anilines is 1. The van der Waals surface area contributed by atoms with Crippen molar-refractivity contribution in [2.45, 2.75) is 32.3 Å². The molecule has 170 valence electrons. The SMILES string of the molecule is Cc1ccc(NC(=O)C(OC(=O)c2c3c(nc4ccccc24)CCC3)c2ccccc2)cc1Cl. The zero-order valence-corrected chi connectivity index (χ0v) is 19.4. The van der Waals surface area contributed by atoms with E-state index in [1.165, 1.54) is 0 Å². The number of rotatable bonds is 5. The van der Waals surface area contributed by atoms with Gasteiger partial charge in [0.15, 0.2) is 0 Å². The summed E-state index contributed by atoms with van der Waals surface area (Å²) in [5.74, 6) is -0.975. The van der Waals surface area contributed by atoms with Crippen LogP contribution in [0.5, 0.6) is 0 Å². The first-order valence-corrected chi connectivity index (χ1v) is 11.6. The highest BCUT2D eigenvalue weighted by atomic mass is 35.5. The maximum Gasteiger partial charge on any atom is 0.340 e. The van der Waals surface area contributed by atoms with Crippen molar-refractivity contribution in [1.82, 2.24) is 4.98 Å². The summed E-state index contributed by atoms with van der Waals surface area (Å²) in [6.07, 6.45) is 1.41. The van der Waals surface area contributed by atoms with Gasteiger partial charge in [0.05, 0.1) is 11.1 Å². The fourth-order valence-corrected chi connectivity index (χ4v) is 4.57. The molecule has 1 atom stereocenters. The van der Waals surface area contributed by atoms with Crippen LogP contribution in [-0.4, -0.2) is 16.9 Å². The standard InChI is InChI=1S/C28H23ClN2O3/c1-17-14-15-19(16-22(17)29)30-27(32)26(18-8-3-2-4-9-18)34-28(33)25-20-10-5-6-12-23(20)31-24-13-7-11-21(24)25/h2-6,8-10,12,14-16,26H,7,11,13H2,1H3,(H,30,32). The average Bonchev–Trinajstić information content (AvgIpc) is 3.31. The van der Waals surface area contributed by atoms with Gasteiger partial charge < -0.3 is 10.1 Å². The first kappa shape index (κ1) is 22.1. The van der Waals surface area contributed by atoms with Gasteiger partial charge in [-0.3, -0.25) is 9.78 Å². The molecule has 0 aliphatic heterocycles. The van der Waals surface area contributed by atoms with E-state index in [1.807, 2.05) is 55.5 Å². The fourth-order valence-electron chi connectivity index (χ4n) is 4.39. The number of benzene rings is 3. The van der Waals surface area contributed by atoms with E-state index in [0.717, 1.165) is 47.0 Å².